The predicted molar refractivity (Wildman–Crippen MR) is 116 cm³/mol. The number of methoxy groups -OCH3 is 1. The number of nitrogen functional groups attached to an aromatic ring is 1. The number of benzene rings is 1. The van der Waals surface area contributed by atoms with Crippen LogP contribution in [0.4, 0.5) is 21.7 Å². The number of rotatable bonds is 6. The van der Waals surface area contributed by atoms with E-state index in [9.17, 15) is 4.39 Å². The van der Waals surface area contributed by atoms with Crippen LogP contribution in [0.25, 0.3) is 11.0 Å². The number of fused-ring (bicyclic) bond motifs is 1. The zero-order chi connectivity index (χ0) is 21.3. The van der Waals surface area contributed by atoms with E-state index in [4.69, 9.17) is 19.4 Å². The van der Waals surface area contributed by atoms with Crippen LogP contribution in [0.3, 0.4) is 0 Å². The number of anilines is 3. The quantitative estimate of drug-likeness (QED) is 0.448. The Morgan fingerprint density at radius 1 is 1.30 bits per heavy atom. The molecule has 1 fully saturated rings. The van der Waals surface area contributed by atoms with Crippen molar-refractivity contribution in [3.05, 3.63) is 29.8 Å². The summed E-state index contributed by atoms with van der Waals surface area (Å²) in [6.45, 7) is 4.61. The number of aromatic nitrogens is 3. The van der Waals surface area contributed by atoms with Crippen LogP contribution in [0.15, 0.2) is 18.2 Å². The third-order valence-corrected chi connectivity index (χ3v) is 5.40. The molecule has 0 bridgehead atoms. The fourth-order valence-electron chi connectivity index (χ4n) is 3.30. The number of halogens is 1. The molecule has 0 aliphatic carbocycles. The van der Waals surface area contributed by atoms with E-state index < -0.39 is 5.82 Å². The minimum absolute atomic E-state index is 0.0888. The average Bonchev–Trinajstić information content (AvgIpc) is 3.08. The molecule has 3 heterocycles. The second-order valence-corrected chi connectivity index (χ2v) is 7.62. The number of nitrogens with two attached hydrogens (primary N) is 1. The van der Waals surface area contributed by atoms with Crippen molar-refractivity contribution in [2.45, 2.75) is 6.92 Å². The number of nitrogens with zero attached hydrogens (tertiary/aromatic N) is 4. The molecule has 0 unspecified atom stereocenters. The Morgan fingerprint density at radius 2 is 2.07 bits per heavy atom. The summed E-state index contributed by atoms with van der Waals surface area (Å²) in [4.78, 5) is 14.5. The van der Waals surface area contributed by atoms with Gasteiger partial charge in [0.05, 0.1) is 20.3 Å². The number of hydrogen-bond donors (Lipinski definition) is 2. The first-order valence-electron chi connectivity index (χ1n) is 9.38. The van der Waals surface area contributed by atoms with Gasteiger partial charge in [0.1, 0.15) is 34.1 Å². The van der Waals surface area contributed by atoms with Crippen molar-refractivity contribution in [2.75, 3.05) is 55.4 Å². The van der Waals surface area contributed by atoms with Gasteiger partial charge < -0.3 is 29.3 Å². The van der Waals surface area contributed by atoms with Crippen molar-refractivity contribution in [3.63, 3.8) is 0 Å². The van der Waals surface area contributed by atoms with Gasteiger partial charge in [-0.1, -0.05) is 0 Å². The van der Waals surface area contributed by atoms with Crippen LogP contribution in [-0.2, 0) is 4.74 Å². The summed E-state index contributed by atoms with van der Waals surface area (Å²) in [5, 5.41) is 0. The molecule has 0 saturated carbocycles. The summed E-state index contributed by atoms with van der Waals surface area (Å²) in [7, 11) is 3.25. The number of aryl methyl sites for hydroxylation is 1. The molecule has 3 N–H and O–H groups in total. The third-order valence-electron chi connectivity index (χ3n) is 4.74. The minimum atomic E-state index is -0.519. The predicted octanol–water partition coefficient (Wildman–Crippen LogP) is 2.91. The highest BCUT2D eigenvalue weighted by Crippen LogP contribution is 2.38. The van der Waals surface area contributed by atoms with Gasteiger partial charge in [0.25, 0.3) is 0 Å². The summed E-state index contributed by atoms with van der Waals surface area (Å²) < 4.78 is 31.9. The fourth-order valence-corrected chi connectivity index (χ4v) is 3.88. The first-order valence-corrected chi connectivity index (χ1v) is 10.1. The zero-order valence-electron chi connectivity index (χ0n) is 16.9. The molecule has 0 amide bonds. The van der Waals surface area contributed by atoms with Crippen LogP contribution in [0, 0.1) is 12.7 Å². The van der Waals surface area contributed by atoms with Gasteiger partial charge in [0.15, 0.2) is 29.6 Å². The monoisotopic (exact) mass is 434 g/mol. The number of hydrogen-bond acceptors (Lipinski definition) is 9. The molecule has 2 aromatic heterocycles. The van der Waals surface area contributed by atoms with Crippen molar-refractivity contribution >= 4 is 40.6 Å². The second kappa shape index (κ2) is 8.44. The number of nitrogens with one attached hydrogen (secondary N) is 1. The van der Waals surface area contributed by atoms with Gasteiger partial charge in [-0.05, 0) is 19.1 Å². The molecule has 9 nitrogen and oxygen atoms in total. The van der Waals surface area contributed by atoms with Gasteiger partial charge in [-0.3, -0.25) is 4.31 Å². The second-order valence-electron chi connectivity index (χ2n) is 6.76. The molecular formula is C19H23FN6O3S. The lowest BCUT2D eigenvalue weighted by Crippen LogP contribution is -2.37. The zero-order valence-corrected chi connectivity index (χ0v) is 17.8. The number of ether oxygens (including phenoxy) is 2. The van der Waals surface area contributed by atoms with Crippen LogP contribution in [-0.4, -0.2) is 55.4 Å². The maximum atomic E-state index is 14.2. The van der Waals surface area contributed by atoms with Crippen LogP contribution in [0.5, 0.6) is 11.5 Å². The van der Waals surface area contributed by atoms with Crippen LogP contribution < -0.4 is 23.9 Å². The molecule has 1 aliphatic rings. The van der Waals surface area contributed by atoms with E-state index in [-0.39, 0.29) is 5.75 Å². The van der Waals surface area contributed by atoms with Gasteiger partial charge in [-0.15, -0.1) is 0 Å². The standard InChI is InChI=1S/C19H23FN6O3S/c1-11-22-15-16(19(23-11)26-6-8-28-9-7-26)24-18(21)17(15)25(2)30-29-14-5-4-12(27-3)10-13(14)20/h4-5,10,24H,6-9,21H2,1-3H3. The summed E-state index contributed by atoms with van der Waals surface area (Å²) in [6, 6.07) is 4.40. The normalized spacial score (nSPS) is 14.2. The smallest absolute Gasteiger partial charge is 0.179 e. The Hall–Kier alpha value is -2.92. The van der Waals surface area contributed by atoms with Gasteiger partial charge in [0.2, 0.25) is 0 Å². The van der Waals surface area contributed by atoms with E-state index in [0.717, 1.165) is 36.7 Å². The molecule has 4 rings (SSSR count). The van der Waals surface area contributed by atoms with Crippen molar-refractivity contribution in [3.8, 4) is 11.5 Å². The number of aromatic amines is 1. The van der Waals surface area contributed by atoms with E-state index in [1.807, 2.05) is 6.92 Å². The summed E-state index contributed by atoms with van der Waals surface area (Å²) in [6.07, 6.45) is 0. The topological polar surface area (TPSA) is 102 Å². The highest BCUT2D eigenvalue weighted by atomic mass is 32.2. The molecule has 1 saturated heterocycles. The molecule has 3 aromatic rings. The van der Waals surface area contributed by atoms with E-state index in [2.05, 4.69) is 19.9 Å². The molecule has 0 spiro atoms. The van der Waals surface area contributed by atoms with E-state index in [0.29, 0.717) is 41.8 Å². The molecule has 160 valence electrons. The molecular weight excluding hydrogens is 411 g/mol. The molecule has 1 aromatic carbocycles. The summed E-state index contributed by atoms with van der Waals surface area (Å²) in [5.74, 6) is 1.83. The SMILES string of the molecule is COc1ccc(OSN(C)c2c(N)[nH]c3c(N4CCOCC4)nc(C)nc23)c(F)c1. The van der Waals surface area contributed by atoms with Gasteiger partial charge in [0, 0.05) is 26.2 Å². The maximum Gasteiger partial charge on any atom is 0.179 e. The molecule has 30 heavy (non-hydrogen) atoms. The van der Waals surface area contributed by atoms with Crippen molar-refractivity contribution in [2.24, 2.45) is 0 Å². The van der Waals surface area contributed by atoms with Gasteiger partial charge in [-0.25, -0.2) is 14.4 Å². The lowest BCUT2D eigenvalue weighted by molar-refractivity contribution is 0.122. The van der Waals surface area contributed by atoms with Crippen molar-refractivity contribution in [1.82, 2.24) is 15.0 Å². The van der Waals surface area contributed by atoms with Crippen molar-refractivity contribution in [1.29, 1.82) is 0 Å². The Balaban J connectivity index is 1.62. The summed E-state index contributed by atoms with van der Waals surface area (Å²) in [5.41, 5.74) is 8.34. The summed E-state index contributed by atoms with van der Waals surface area (Å²) >= 11 is 0.950. The molecule has 1 aliphatic heterocycles. The van der Waals surface area contributed by atoms with Crippen LogP contribution >= 0.6 is 12.2 Å². The number of morpholine rings is 1. The fraction of sp³-hybridized carbons (Fsp3) is 0.368. The third kappa shape index (κ3) is 3.90. The minimum Gasteiger partial charge on any atom is -0.497 e. The molecule has 0 radical (unpaired) electrons. The highest BCUT2D eigenvalue weighted by Gasteiger charge is 2.24. The van der Waals surface area contributed by atoms with Crippen LogP contribution in [0.1, 0.15) is 5.82 Å². The van der Waals surface area contributed by atoms with E-state index >= 15 is 0 Å². The Bertz CT molecular complexity index is 1060. The Labute approximate surface area is 177 Å². The van der Waals surface area contributed by atoms with Crippen LogP contribution in [0.2, 0.25) is 0 Å². The maximum absolute atomic E-state index is 14.2. The van der Waals surface area contributed by atoms with Gasteiger partial charge >= 0.3 is 0 Å². The molecule has 0 atom stereocenters. The van der Waals surface area contributed by atoms with Crippen molar-refractivity contribution < 1.29 is 18.0 Å². The largest absolute Gasteiger partial charge is 0.497 e. The average molecular weight is 434 g/mol. The first kappa shape index (κ1) is 20.4. The highest BCUT2D eigenvalue weighted by molar-refractivity contribution is 7.96. The van der Waals surface area contributed by atoms with E-state index in [1.165, 1.54) is 19.2 Å². The Morgan fingerprint density at radius 3 is 2.77 bits per heavy atom. The first-order chi connectivity index (χ1) is 14.5. The lowest BCUT2D eigenvalue weighted by atomic mass is 10.3. The Kier molecular flexibility index (Phi) is 5.73. The molecule has 11 heteroatoms. The van der Waals surface area contributed by atoms with Gasteiger partial charge in [-0.2, -0.15) is 0 Å². The number of H-pyrrole nitrogens is 1. The van der Waals surface area contributed by atoms with E-state index in [1.54, 1.807) is 17.4 Å². The lowest BCUT2D eigenvalue weighted by Gasteiger charge is -2.28.